The molecule has 1 aliphatic rings. The molecule has 0 aromatic carbocycles. The number of carbonyl (C=O) groups is 1. The fourth-order valence-electron chi connectivity index (χ4n) is 2.26. The zero-order valence-electron chi connectivity index (χ0n) is 12.6. The molecule has 1 aliphatic carbocycles. The molecule has 1 amide bonds. The monoisotopic (exact) mass is 275 g/mol. The smallest absolute Gasteiger partial charge is 0.220 e. The van der Waals surface area contributed by atoms with Gasteiger partial charge < -0.3 is 10.2 Å². The van der Waals surface area contributed by atoms with Crippen molar-refractivity contribution < 1.29 is 4.79 Å². The summed E-state index contributed by atoms with van der Waals surface area (Å²) in [6.07, 6.45) is 5.74. The standard InChI is InChI=1S/C16H25N3O/c1-3-19(4-2)15-11-13(9-10-17-15)7-8-16(20)18-12-14-5-6-14/h9-11,14H,3-8,12H2,1-2H3,(H,18,20). The molecule has 1 aromatic rings. The minimum absolute atomic E-state index is 0.165. The average Bonchev–Trinajstić information content (AvgIpc) is 3.29. The van der Waals surface area contributed by atoms with E-state index in [0.29, 0.717) is 6.42 Å². The van der Waals surface area contributed by atoms with Crippen LogP contribution in [0.5, 0.6) is 0 Å². The van der Waals surface area contributed by atoms with E-state index < -0.39 is 0 Å². The van der Waals surface area contributed by atoms with Gasteiger partial charge in [0.15, 0.2) is 0 Å². The summed E-state index contributed by atoms with van der Waals surface area (Å²) in [5.74, 6) is 1.91. The highest BCUT2D eigenvalue weighted by atomic mass is 16.1. The predicted octanol–water partition coefficient (Wildman–Crippen LogP) is 2.39. The van der Waals surface area contributed by atoms with Crippen LogP contribution in [0.15, 0.2) is 18.3 Å². The molecule has 0 bridgehead atoms. The van der Waals surface area contributed by atoms with E-state index in [1.165, 1.54) is 18.4 Å². The van der Waals surface area contributed by atoms with Crippen molar-refractivity contribution >= 4 is 11.7 Å². The van der Waals surface area contributed by atoms with E-state index in [4.69, 9.17) is 0 Å². The Bertz CT molecular complexity index is 439. The molecule has 1 heterocycles. The molecule has 0 radical (unpaired) electrons. The van der Waals surface area contributed by atoms with Gasteiger partial charge in [0, 0.05) is 32.3 Å². The van der Waals surface area contributed by atoms with Crippen LogP contribution >= 0.6 is 0 Å². The Hall–Kier alpha value is -1.58. The normalized spacial score (nSPS) is 14.1. The fourth-order valence-corrected chi connectivity index (χ4v) is 2.26. The van der Waals surface area contributed by atoms with Crippen molar-refractivity contribution in [3.05, 3.63) is 23.9 Å². The van der Waals surface area contributed by atoms with Crippen molar-refractivity contribution in [3.63, 3.8) is 0 Å². The zero-order valence-corrected chi connectivity index (χ0v) is 12.6. The number of carbonyl (C=O) groups excluding carboxylic acids is 1. The van der Waals surface area contributed by atoms with Gasteiger partial charge in [0.05, 0.1) is 0 Å². The minimum Gasteiger partial charge on any atom is -0.357 e. The van der Waals surface area contributed by atoms with Crippen LogP contribution in [-0.2, 0) is 11.2 Å². The summed E-state index contributed by atoms with van der Waals surface area (Å²) in [4.78, 5) is 18.4. The Balaban J connectivity index is 1.82. The van der Waals surface area contributed by atoms with Crippen molar-refractivity contribution in [2.45, 2.75) is 39.5 Å². The Labute approximate surface area is 121 Å². The van der Waals surface area contributed by atoms with Gasteiger partial charge >= 0.3 is 0 Å². The second-order valence-electron chi connectivity index (χ2n) is 5.44. The lowest BCUT2D eigenvalue weighted by molar-refractivity contribution is -0.121. The highest BCUT2D eigenvalue weighted by Crippen LogP contribution is 2.27. The zero-order chi connectivity index (χ0) is 14.4. The number of nitrogens with zero attached hydrogens (tertiary/aromatic N) is 2. The summed E-state index contributed by atoms with van der Waals surface area (Å²) in [5.41, 5.74) is 1.18. The quantitative estimate of drug-likeness (QED) is 0.792. The summed E-state index contributed by atoms with van der Waals surface area (Å²) in [7, 11) is 0. The van der Waals surface area contributed by atoms with E-state index in [9.17, 15) is 4.79 Å². The largest absolute Gasteiger partial charge is 0.357 e. The average molecular weight is 275 g/mol. The molecule has 4 nitrogen and oxygen atoms in total. The maximum Gasteiger partial charge on any atom is 0.220 e. The number of rotatable bonds is 8. The van der Waals surface area contributed by atoms with Crippen LogP contribution in [0.1, 0.15) is 38.7 Å². The third-order valence-corrected chi connectivity index (χ3v) is 3.82. The lowest BCUT2D eigenvalue weighted by atomic mass is 10.1. The van der Waals surface area contributed by atoms with Crippen LogP contribution in [0.2, 0.25) is 0 Å². The summed E-state index contributed by atoms with van der Waals surface area (Å²) in [6, 6.07) is 4.10. The second kappa shape index (κ2) is 7.27. The number of aromatic nitrogens is 1. The number of amides is 1. The first kappa shape index (κ1) is 14.8. The fraction of sp³-hybridized carbons (Fsp3) is 0.625. The summed E-state index contributed by atoms with van der Waals surface area (Å²) >= 11 is 0. The van der Waals surface area contributed by atoms with Crippen molar-refractivity contribution in [2.75, 3.05) is 24.5 Å². The number of hydrogen-bond acceptors (Lipinski definition) is 3. The SMILES string of the molecule is CCN(CC)c1cc(CCC(=O)NCC2CC2)ccn1. The van der Waals surface area contributed by atoms with Gasteiger partial charge in [-0.1, -0.05) is 0 Å². The third kappa shape index (κ3) is 4.51. The topological polar surface area (TPSA) is 45.2 Å². The molecule has 1 saturated carbocycles. The maximum atomic E-state index is 11.7. The maximum absolute atomic E-state index is 11.7. The van der Waals surface area contributed by atoms with Crippen molar-refractivity contribution in [1.82, 2.24) is 10.3 Å². The molecule has 1 aromatic heterocycles. The molecule has 110 valence electrons. The third-order valence-electron chi connectivity index (χ3n) is 3.82. The van der Waals surface area contributed by atoms with E-state index in [-0.39, 0.29) is 5.91 Å². The number of aryl methyl sites for hydroxylation is 1. The van der Waals surface area contributed by atoms with Crippen LogP contribution in [0.3, 0.4) is 0 Å². The minimum atomic E-state index is 0.165. The lowest BCUT2D eigenvalue weighted by Crippen LogP contribution is -2.25. The van der Waals surface area contributed by atoms with E-state index in [1.807, 2.05) is 12.3 Å². The van der Waals surface area contributed by atoms with Crippen molar-refractivity contribution in [3.8, 4) is 0 Å². The van der Waals surface area contributed by atoms with E-state index >= 15 is 0 Å². The Morgan fingerprint density at radius 3 is 2.80 bits per heavy atom. The summed E-state index contributed by atoms with van der Waals surface area (Å²) < 4.78 is 0. The molecule has 0 atom stereocenters. The summed E-state index contributed by atoms with van der Waals surface area (Å²) in [6.45, 7) is 7.02. The molecule has 1 N–H and O–H groups in total. The predicted molar refractivity (Wildman–Crippen MR) is 81.9 cm³/mol. The highest BCUT2D eigenvalue weighted by Gasteiger charge is 2.21. The van der Waals surface area contributed by atoms with Gasteiger partial charge in [-0.25, -0.2) is 4.98 Å². The van der Waals surface area contributed by atoms with Gasteiger partial charge in [-0.2, -0.15) is 0 Å². The first-order valence-corrected chi connectivity index (χ1v) is 7.69. The second-order valence-corrected chi connectivity index (χ2v) is 5.44. The number of anilines is 1. The van der Waals surface area contributed by atoms with Crippen LogP contribution in [0.4, 0.5) is 5.82 Å². The van der Waals surface area contributed by atoms with Crippen molar-refractivity contribution in [2.24, 2.45) is 5.92 Å². The number of hydrogen-bond donors (Lipinski definition) is 1. The van der Waals surface area contributed by atoms with Gasteiger partial charge in [-0.15, -0.1) is 0 Å². The molecule has 1 fully saturated rings. The molecule has 20 heavy (non-hydrogen) atoms. The Kier molecular flexibility index (Phi) is 5.39. The van der Waals surface area contributed by atoms with Crippen LogP contribution < -0.4 is 10.2 Å². The molecular formula is C16H25N3O. The molecule has 0 saturated heterocycles. The molecule has 4 heteroatoms. The van der Waals surface area contributed by atoms with Gasteiger partial charge in [0.2, 0.25) is 5.91 Å². The van der Waals surface area contributed by atoms with E-state index in [1.54, 1.807) is 0 Å². The van der Waals surface area contributed by atoms with Crippen LogP contribution in [0.25, 0.3) is 0 Å². The molecule has 0 unspecified atom stereocenters. The van der Waals surface area contributed by atoms with Crippen molar-refractivity contribution in [1.29, 1.82) is 0 Å². The first-order valence-electron chi connectivity index (χ1n) is 7.69. The lowest BCUT2D eigenvalue weighted by Gasteiger charge is -2.20. The highest BCUT2D eigenvalue weighted by molar-refractivity contribution is 5.76. The van der Waals surface area contributed by atoms with Gasteiger partial charge in [-0.3, -0.25) is 4.79 Å². The van der Waals surface area contributed by atoms with Gasteiger partial charge in [0.25, 0.3) is 0 Å². The molecule has 0 spiro atoms. The molecular weight excluding hydrogens is 250 g/mol. The Morgan fingerprint density at radius 1 is 1.40 bits per heavy atom. The van der Waals surface area contributed by atoms with Crippen LogP contribution in [0, 0.1) is 5.92 Å². The first-order chi connectivity index (χ1) is 9.72. The molecule has 2 rings (SSSR count). The number of nitrogens with one attached hydrogen (secondary N) is 1. The number of pyridine rings is 1. The van der Waals surface area contributed by atoms with E-state index in [2.05, 4.69) is 35.1 Å². The van der Waals surface area contributed by atoms with Gasteiger partial charge in [-0.05, 0) is 56.7 Å². The van der Waals surface area contributed by atoms with Gasteiger partial charge in [0.1, 0.15) is 5.82 Å². The summed E-state index contributed by atoms with van der Waals surface area (Å²) in [5, 5.41) is 3.01. The Morgan fingerprint density at radius 2 is 2.15 bits per heavy atom. The molecule has 0 aliphatic heterocycles. The van der Waals surface area contributed by atoms with Crippen LogP contribution in [-0.4, -0.2) is 30.5 Å². The van der Waals surface area contributed by atoms with E-state index in [0.717, 1.165) is 37.8 Å².